The van der Waals surface area contributed by atoms with E-state index in [0.29, 0.717) is 28.2 Å². The van der Waals surface area contributed by atoms with Gasteiger partial charge in [0.05, 0.1) is 47.1 Å². The van der Waals surface area contributed by atoms with Gasteiger partial charge in [0.1, 0.15) is 17.3 Å². The van der Waals surface area contributed by atoms with Gasteiger partial charge < -0.3 is 4.74 Å². The van der Waals surface area contributed by atoms with Crippen LogP contribution in [-0.4, -0.2) is 14.1 Å². The molecule has 8 aromatic carbocycles. The van der Waals surface area contributed by atoms with Crippen LogP contribution in [0.15, 0.2) is 212 Å². The number of pyridine rings is 1. The van der Waals surface area contributed by atoms with Gasteiger partial charge in [0.2, 0.25) is 0 Å². The van der Waals surface area contributed by atoms with Crippen LogP contribution < -0.4 is 9.30 Å². The smallest absolute Gasteiger partial charge is 0.269 e. The average Bonchev–Trinajstić information content (AvgIpc) is 3.94. The summed E-state index contributed by atoms with van der Waals surface area (Å²) in [7, 11) is 0. The lowest BCUT2D eigenvalue weighted by atomic mass is 9.88. The maximum atomic E-state index is 9.11. The number of para-hydroxylation sites is 2. The van der Waals surface area contributed by atoms with Crippen LogP contribution in [0.4, 0.5) is 0 Å². The van der Waals surface area contributed by atoms with Gasteiger partial charge in [-0.25, -0.2) is 4.98 Å². The van der Waals surface area contributed by atoms with Crippen molar-refractivity contribution in [3.63, 3.8) is 0 Å². The molecule has 63 heavy (non-hydrogen) atoms. The molecule has 11 aromatic rings. The fraction of sp³-hybridized carbons (Fsp3) is 0.0690. The number of aromatic nitrogens is 4. The second-order valence-corrected chi connectivity index (χ2v) is 16.3. The summed E-state index contributed by atoms with van der Waals surface area (Å²) >= 11 is 0. The number of hydrogen-bond acceptors (Lipinski definition) is 2. The van der Waals surface area contributed by atoms with E-state index >= 15 is 0 Å². The Hall–Kier alpha value is -8.02. The highest BCUT2D eigenvalue weighted by Crippen LogP contribution is 2.38. The maximum absolute atomic E-state index is 9.11. The van der Waals surface area contributed by atoms with Crippen LogP contribution in [-0.2, 0) is 5.41 Å². The summed E-state index contributed by atoms with van der Waals surface area (Å²) in [5.41, 5.74) is 6.80. The van der Waals surface area contributed by atoms with E-state index in [4.69, 9.17) is 23.4 Å². The Morgan fingerprint density at radius 3 is 1.98 bits per heavy atom. The fourth-order valence-electron chi connectivity index (χ4n) is 8.32. The summed E-state index contributed by atoms with van der Waals surface area (Å²) < 4.78 is 100. The number of benzene rings is 8. The van der Waals surface area contributed by atoms with Crippen LogP contribution in [0.25, 0.3) is 83.4 Å². The Morgan fingerprint density at radius 1 is 0.556 bits per heavy atom. The molecule has 3 heterocycles. The largest absolute Gasteiger partial charge is 0.458 e. The Labute approximate surface area is 381 Å². The molecule has 5 heteroatoms. The first-order valence-corrected chi connectivity index (χ1v) is 20.6. The van der Waals surface area contributed by atoms with Gasteiger partial charge in [-0.15, -0.1) is 0 Å². The molecule has 11 rings (SSSR count). The van der Waals surface area contributed by atoms with E-state index in [9.17, 15) is 0 Å². The molecule has 0 N–H and O–H groups in total. The van der Waals surface area contributed by atoms with E-state index in [1.54, 1.807) is 22.8 Å². The summed E-state index contributed by atoms with van der Waals surface area (Å²) in [5, 5.41) is 2.12. The van der Waals surface area contributed by atoms with Gasteiger partial charge in [0.25, 0.3) is 6.33 Å². The molecule has 5 nitrogen and oxygen atoms in total. The van der Waals surface area contributed by atoms with Crippen LogP contribution in [0.2, 0.25) is 0 Å². The maximum Gasteiger partial charge on any atom is 0.269 e. The van der Waals surface area contributed by atoms with Crippen molar-refractivity contribution in [1.29, 1.82) is 0 Å². The predicted molar refractivity (Wildman–Crippen MR) is 257 cm³/mol. The fourth-order valence-corrected chi connectivity index (χ4v) is 8.32. The normalized spacial score (nSPS) is 14.0. The molecule has 0 saturated heterocycles. The molecule has 0 fully saturated rings. The monoisotopic (exact) mass is 822 g/mol. The number of hydrogen-bond donors (Lipinski definition) is 0. The second-order valence-electron chi connectivity index (χ2n) is 16.3. The van der Waals surface area contributed by atoms with Gasteiger partial charge in [-0.1, -0.05) is 166 Å². The van der Waals surface area contributed by atoms with Gasteiger partial charge in [0.15, 0.2) is 0 Å². The molecule has 302 valence electrons. The van der Waals surface area contributed by atoms with E-state index in [-0.39, 0.29) is 33.4 Å². The van der Waals surface area contributed by atoms with Crippen LogP contribution in [0.5, 0.6) is 11.5 Å². The standard InChI is InChI=1S/C58H44N4O/c1-58(2,3)44-33-34-59-56(36-44)62-52-28-14-13-25-50(52)51-31-30-47(38-54(51)62)63-46-24-15-23-45(37-46)60-39-61(53-32-29-43(35-55(53)60)40-17-7-4-8-18-40)57-48(41-19-9-5-10-20-41)26-16-27-49(57)42-21-11-6-12-22-42/h4-38H,1-3H3/i5D,6D,9D,10D,11D,12D,19D,20D,21D,22D. The third-order valence-electron chi connectivity index (χ3n) is 11.4. The zero-order valence-electron chi connectivity index (χ0n) is 44.6. The first-order chi connectivity index (χ1) is 35.0. The van der Waals surface area contributed by atoms with Crippen LogP contribution in [0.3, 0.4) is 0 Å². The molecule has 0 atom stereocenters. The van der Waals surface area contributed by atoms with Crippen LogP contribution in [0, 0.1) is 6.33 Å². The lowest BCUT2D eigenvalue weighted by Crippen LogP contribution is -2.31. The molecule has 0 unspecified atom stereocenters. The van der Waals surface area contributed by atoms with Crippen molar-refractivity contribution in [2.75, 3.05) is 0 Å². The van der Waals surface area contributed by atoms with E-state index in [1.165, 1.54) is 0 Å². The summed E-state index contributed by atoms with van der Waals surface area (Å²) in [6.45, 7) is 6.54. The summed E-state index contributed by atoms with van der Waals surface area (Å²) in [6, 6.07) is 41.1. The second kappa shape index (κ2) is 15.5. The summed E-state index contributed by atoms with van der Waals surface area (Å²) in [6.07, 6.45) is 5.36. The Kier molecular flexibility index (Phi) is 7.00. The number of ether oxygens (including phenoxy) is 1. The van der Waals surface area contributed by atoms with Crippen molar-refractivity contribution in [3.8, 4) is 62.1 Å². The molecule has 3 aromatic heterocycles. The first kappa shape index (κ1) is 28.5. The van der Waals surface area contributed by atoms with Gasteiger partial charge in [0, 0.05) is 23.0 Å². The Bertz CT molecular complexity index is 3920. The Morgan fingerprint density at radius 2 is 1.24 bits per heavy atom. The van der Waals surface area contributed by atoms with Gasteiger partial charge in [-0.3, -0.25) is 13.7 Å². The van der Waals surface area contributed by atoms with Gasteiger partial charge in [-0.2, -0.15) is 0 Å². The van der Waals surface area contributed by atoms with Gasteiger partial charge >= 0.3 is 0 Å². The molecule has 0 aliphatic heterocycles. The van der Waals surface area contributed by atoms with Gasteiger partial charge in [-0.05, 0) is 99.0 Å². The van der Waals surface area contributed by atoms with Crippen molar-refractivity contribution < 1.29 is 23.0 Å². The van der Waals surface area contributed by atoms with Crippen LogP contribution >= 0.6 is 0 Å². The molecule has 0 aliphatic carbocycles. The minimum absolute atomic E-state index is 0.0963. The van der Waals surface area contributed by atoms with Crippen molar-refractivity contribution in [1.82, 2.24) is 14.1 Å². The van der Waals surface area contributed by atoms with Crippen molar-refractivity contribution in [2.45, 2.75) is 26.2 Å². The highest BCUT2D eigenvalue weighted by molar-refractivity contribution is 6.09. The van der Waals surface area contributed by atoms with E-state index in [2.05, 4.69) is 55.9 Å². The zero-order chi connectivity index (χ0) is 51.2. The highest BCUT2D eigenvalue weighted by Gasteiger charge is 2.22. The third kappa shape index (κ3) is 6.94. The number of imidazole rings is 1. The molecule has 0 saturated carbocycles. The minimum atomic E-state index is -0.571. The lowest BCUT2D eigenvalue weighted by Gasteiger charge is -2.20. The molecule has 0 bridgehead atoms. The molecule has 0 amide bonds. The Balaban J connectivity index is 1.13. The lowest BCUT2D eigenvalue weighted by molar-refractivity contribution is -0.571. The quantitative estimate of drug-likeness (QED) is 0.113. The molecule has 0 aliphatic rings. The van der Waals surface area contributed by atoms with Crippen LogP contribution in [0.1, 0.15) is 40.0 Å². The first-order valence-electron chi connectivity index (χ1n) is 25.6. The molecule has 0 spiro atoms. The zero-order valence-corrected chi connectivity index (χ0v) is 34.6. The van der Waals surface area contributed by atoms with Crippen molar-refractivity contribution in [2.24, 2.45) is 0 Å². The topological polar surface area (TPSA) is 35.9 Å². The molecular weight excluding hydrogens is 769 g/mol. The van der Waals surface area contributed by atoms with E-state index in [1.807, 2.05) is 114 Å². The van der Waals surface area contributed by atoms with E-state index in [0.717, 1.165) is 44.3 Å². The number of fused-ring (bicyclic) bond motifs is 4. The average molecular weight is 823 g/mol. The van der Waals surface area contributed by atoms with E-state index < -0.39 is 60.4 Å². The van der Waals surface area contributed by atoms with Crippen molar-refractivity contribution >= 4 is 32.8 Å². The number of nitrogens with zero attached hydrogens (tertiary/aromatic N) is 4. The highest BCUT2D eigenvalue weighted by atomic mass is 16.5. The number of rotatable bonds is 8. The molecular formula is C58H44N4O. The SMILES string of the molecule is [2H]c1c([2H])c([2H])c(-c2cccc(-c3c([2H])c([2H])c([2H])c([2H])c3[2H])c2-[n+]2[c-]n(-c3cccc(Oc4ccc5c6ccccc6n(-c6cc(C(C)(C)C)ccn6)c5c4)c3)c3cc(-c4ccccc4)ccc32)c([2H])c1[2H]. The van der Waals surface area contributed by atoms with Crippen molar-refractivity contribution in [3.05, 3.63) is 224 Å². The predicted octanol–water partition coefficient (Wildman–Crippen LogP) is 14.3. The summed E-state index contributed by atoms with van der Waals surface area (Å²) in [5.74, 6) is 1.88. The molecule has 0 radical (unpaired) electrons. The minimum Gasteiger partial charge on any atom is -0.458 e. The third-order valence-corrected chi connectivity index (χ3v) is 11.4. The summed E-state index contributed by atoms with van der Waals surface area (Å²) in [4.78, 5) is 4.84.